The largest absolute Gasteiger partial charge is 0.356 e. The second-order valence-corrected chi connectivity index (χ2v) is 7.95. The van der Waals surface area contributed by atoms with E-state index in [1.54, 1.807) is 10.7 Å². The summed E-state index contributed by atoms with van der Waals surface area (Å²) >= 11 is 0. The third-order valence-electron chi connectivity index (χ3n) is 5.54. The van der Waals surface area contributed by atoms with Crippen molar-refractivity contribution in [3.05, 3.63) is 54.9 Å². The molecule has 4 aromatic heterocycles. The summed E-state index contributed by atoms with van der Waals surface area (Å²) in [4.78, 5) is 36.2. The van der Waals surface area contributed by atoms with Crippen LogP contribution in [0.4, 0.5) is 11.6 Å². The summed E-state index contributed by atoms with van der Waals surface area (Å²) < 4.78 is 3.31. The SMILES string of the molecule is Cc1cc(C)n(-c2cc(N3CCCC(C(=O)Nc4cc(-n5cncn5)ncn4)C3)ncn2)n1. The van der Waals surface area contributed by atoms with Gasteiger partial charge in [0.25, 0.3) is 0 Å². The molecule has 33 heavy (non-hydrogen) atoms. The first-order valence-corrected chi connectivity index (χ1v) is 10.7. The first-order valence-electron chi connectivity index (χ1n) is 10.7. The summed E-state index contributed by atoms with van der Waals surface area (Å²) in [5.41, 5.74) is 1.93. The van der Waals surface area contributed by atoms with Crippen molar-refractivity contribution in [2.24, 2.45) is 5.92 Å². The quantitative estimate of drug-likeness (QED) is 0.485. The molecule has 1 saturated heterocycles. The first-order chi connectivity index (χ1) is 16.1. The highest BCUT2D eigenvalue weighted by Gasteiger charge is 2.27. The van der Waals surface area contributed by atoms with Crippen molar-refractivity contribution in [1.29, 1.82) is 0 Å². The van der Waals surface area contributed by atoms with Crippen LogP contribution < -0.4 is 10.2 Å². The van der Waals surface area contributed by atoms with E-state index in [2.05, 4.69) is 45.3 Å². The van der Waals surface area contributed by atoms with Gasteiger partial charge in [0.15, 0.2) is 11.6 Å². The van der Waals surface area contributed by atoms with Gasteiger partial charge in [0.2, 0.25) is 5.91 Å². The maximum absolute atomic E-state index is 13.0. The van der Waals surface area contributed by atoms with Gasteiger partial charge in [0.05, 0.1) is 11.6 Å². The number of carbonyl (C=O) groups excluding carboxylic acids is 1. The maximum Gasteiger partial charge on any atom is 0.230 e. The average molecular weight is 445 g/mol. The molecule has 0 saturated carbocycles. The van der Waals surface area contributed by atoms with Gasteiger partial charge in [-0.2, -0.15) is 10.2 Å². The van der Waals surface area contributed by atoms with Crippen LogP contribution in [0.15, 0.2) is 43.5 Å². The van der Waals surface area contributed by atoms with E-state index in [4.69, 9.17) is 0 Å². The van der Waals surface area contributed by atoms with Crippen LogP contribution >= 0.6 is 0 Å². The third-order valence-corrected chi connectivity index (χ3v) is 5.54. The van der Waals surface area contributed by atoms with E-state index >= 15 is 0 Å². The molecule has 0 bridgehead atoms. The molecule has 168 valence electrons. The molecule has 12 heteroatoms. The standard InChI is InChI=1S/C21H23N11O/c1-14-6-15(2)32(29-14)20-8-18(24-12-26-20)30-5-3-4-16(9-30)21(33)28-17-7-19(25-11-23-17)31-13-22-10-27-31/h6-8,10-13,16H,3-5,9H2,1-2H3,(H,23,25,28,33). The van der Waals surface area contributed by atoms with Crippen LogP contribution in [0.5, 0.6) is 0 Å². The Bertz CT molecular complexity index is 1270. The van der Waals surface area contributed by atoms with Crippen molar-refractivity contribution in [3.63, 3.8) is 0 Å². The molecule has 1 aliphatic rings. The van der Waals surface area contributed by atoms with Crippen molar-refractivity contribution >= 4 is 17.5 Å². The minimum absolute atomic E-state index is 0.0873. The number of aryl methyl sites for hydroxylation is 2. The number of piperidine rings is 1. The van der Waals surface area contributed by atoms with E-state index in [0.717, 1.165) is 36.6 Å². The van der Waals surface area contributed by atoms with E-state index in [1.807, 2.05) is 26.0 Å². The molecular formula is C21H23N11O. The summed E-state index contributed by atoms with van der Waals surface area (Å²) in [7, 11) is 0. The molecule has 0 radical (unpaired) electrons. The van der Waals surface area contributed by atoms with Gasteiger partial charge in [-0.1, -0.05) is 0 Å². The number of hydrogen-bond donors (Lipinski definition) is 1. The normalized spacial score (nSPS) is 16.1. The summed E-state index contributed by atoms with van der Waals surface area (Å²) in [6.45, 7) is 5.32. The van der Waals surface area contributed by atoms with Crippen molar-refractivity contribution in [3.8, 4) is 11.6 Å². The number of anilines is 2. The predicted molar refractivity (Wildman–Crippen MR) is 119 cm³/mol. The lowest BCUT2D eigenvalue weighted by atomic mass is 9.97. The molecule has 1 N–H and O–H groups in total. The Kier molecular flexibility index (Phi) is 5.47. The van der Waals surface area contributed by atoms with Crippen molar-refractivity contribution in [2.45, 2.75) is 26.7 Å². The van der Waals surface area contributed by atoms with Crippen LogP contribution in [-0.2, 0) is 4.79 Å². The van der Waals surface area contributed by atoms with Crippen molar-refractivity contribution in [1.82, 2.24) is 44.5 Å². The maximum atomic E-state index is 13.0. The van der Waals surface area contributed by atoms with Crippen LogP contribution in [0.2, 0.25) is 0 Å². The fraction of sp³-hybridized carbons (Fsp3) is 0.333. The highest BCUT2D eigenvalue weighted by atomic mass is 16.2. The fourth-order valence-electron chi connectivity index (χ4n) is 3.98. The first kappa shape index (κ1) is 20.7. The highest BCUT2D eigenvalue weighted by molar-refractivity contribution is 5.92. The minimum atomic E-state index is -0.198. The number of amides is 1. The number of rotatable bonds is 5. The van der Waals surface area contributed by atoms with Gasteiger partial charge in [-0.15, -0.1) is 0 Å². The molecular weight excluding hydrogens is 422 g/mol. The summed E-state index contributed by atoms with van der Waals surface area (Å²) in [5.74, 6) is 2.15. The molecule has 0 spiro atoms. The minimum Gasteiger partial charge on any atom is -0.356 e. The van der Waals surface area contributed by atoms with E-state index in [0.29, 0.717) is 24.0 Å². The fourth-order valence-corrected chi connectivity index (χ4v) is 3.98. The molecule has 5 heterocycles. The van der Waals surface area contributed by atoms with Gasteiger partial charge in [-0.3, -0.25) is 4.79 Å². The lowest BCUT2D eigenvalue weighted by Gasteiger charge is -2.32. The Balaban J connectivity index is 1.29. The van der Waals surface area contributed by atoms with Crippen molar-refractivity contribution in [2.75, 3.05) is 23.3 Å². The second-order valence-electron chi connectivity index (χ2n) is 7.95. The number of nitrogens with one attached hydrogen (secondary N) is 1. The van der Waals surface area contributed by atoms with Gasteiger partial charge in [0.1, 0.15) is 36.9 Å². The van der Waals surface area contributed by atoms with Gasteiger partial charge in [0, 0.05) is 30.9 Å². The average Bonchev–Trinajstić information content (AvgIpc) is 3.49. The van der Waals surface area contributed by atoms with Gasteiger partial charge in [-0.25, -0.2) is 34.3 Å². The van der Waals surface area contributed by atoms with E-state index in [9.17, 15) is 4.79 Å². The van der Waals surface area contributed by atoms with Gasteiger partial charge >= 0.3 is 0 Å². The van der Waals surface area contributed by atoms with E-state index in [-0.39, 0.29) is 11.8 Å². The molecule has 1 fully saturated rings. The lowest BCUT2D eigenvalue weighted by Crippen LogP contribution is -2.41. The van der Waals surface area contributed by atoms with Crippen LogP contribution in [0.3, 0.4) is 0 Å². The number of aromatic nitrogens is 9. The Morgan fingerprint density at radius 2 is 1.82 bits per heavy atom. The topological polar surface area (TPSA) is 132 Å². The molecule has 1 atom stereocenters. The molecule has 0 aliphatic carbocycles. The molecule has 12 nitrogen and oxygen atoms in total. The third kappa shape index (κ3) is 4.40. The smallest absolute Gasteiger partial charge is 0.230 e. The second kappa shape index (κ2) is 8.73. The lowest BCUT2D eigenvalue weighted by molar-refractivity contribution is -0.120. The van der Waals surface area contributed by atoms with Crippen LogP contribution in [0, 0.1) is 19.8 Å². The Hall–Kier alpha value is -4.22. The Morgan fingerprint density at radius 3 is 2.61 bits per heavy atom. The Morgan fingerprint density at radius 1 is 1.00 bits per heavy atom. The number of hydrogen-bond acceptors (Lipinski definition) is 9. The Labute approximate surface area is 189 Å². The summed E-state index contributed by atoms with van der Waals surface area (Å²) in [6, 6.07) is 5.58. The van der Waals surface area contributed by atoms with Crippen LogP contribution in [0.25, 0.3) is 11.6 Å². The number of nitrogens with zero attached hydrogens (tertiary/aromatic N) is 10. The van der Waals surface area contributed by atoms with E-state index in [1.165, 1.54) is 30.0 Å². The van der Waals surface area contributed by atoms with Gasteiger partial charge in [-0.05, 0) is 32.8 Å². The zero-order valence-electron chi connectivity index (χ0n) is 18.3. The molecule has 1 unspecified atom stereocenters. The highest BCUT2D eigenvalue weighted by Crippen LogP contribution is 2.24. The zero-order chi connectivity index (χ0) is 22.8. The molecule has 4 aromatic rings. The summed E-state index contributed by atoms with van der Waals surface area (Å²) in [5, 5.41) is 11.5. The number of carbonyl (C=O) groups is 1. The molecule has 0 aromatic carbocycles. The van der Waals surface area contributed by atoms with Crippen LogP contribution in [0.1, 0.15) is 24.2 Å². The van der Waals surface area contributed by atoms with Crippen molar-refractivity contribution < 1.29 is 4.79 Å². The summed E-state index contributed by atoms with van der Waals surface area (Å²) in [6.07, 6.45) is 7.56. The molecule has 5 rings (SSSR count). The molecule has 1 aliphatic heterocycles. The zero-order valence-corrected chi connectivity index (χ0v) is 18.3. The van der Waals surface area contributed by atoms with Crippen LogP contribution in [-0.4, -0.2) is 63.5 Å². The molecule has 1 amide bonds. The predicted octanol–water partition coefficient (Wildman–Crippen LogP) is 1.50. The van der Waals surface area contributed by atoms with Gasteiger partial charge < -0.3 is 10.2 Å². The monoisotopic (exact) mass is 445 g/mol. The van der Waals surface area contributed by atoms with E-state index < -0.39 is 0 Å².